The lowest BCUT2D eigenvalue weighted by molar-refractivity contribution is 0.0740. The maximum atomic E-state index is 12.6. The molecule has 108 valence electrons. The van der Waals surface area contributed by atoms with Crippen molar-refractivity contribution in [3.05, 3.63) is 23.0 Å². The fraction of sp³-hybridized carbons (Fsp3) is 0.571. The Kier molecular flexibility index (Phi) is 3.56. The molecule has 3 rings (SSSR count). The van der Waals surface area contributed by atoms with Crippen LogP contribution in [0.2, 0.25) is 5.15 Å². The van der Waals surface area contributed by atoms with E-state index in [4.69, 9.17) is 17.3 Å². The Hall–Kier alpha value is -1.33. The third-order valence-electron chi connectivity index (χ3n) is 4.53. The molecule has 2 fully saturated rings. The molecule has 20 heavy (non-hydrogen) atoms. The number of carbonyl (C=O) groups excluding carboxylic acids is 1. The molecule has 0 spiro atoms. The van der Waals surface area contributed by atoms with Crippen molar-refractivity contribution in [2.75, 3.05) is 25.9 Å². The van der Waals surface area contributed by atoms with Crippen LogP contribution in [0.4, 0.5) is 5.69 Å². The van der Waals surface area contributed by atoms with E-state index in [1.165, 1.54) is 12.6 Å². The standard InChI is InChI=1S/C14H19ClN4O/c1-18-10-2-3-11(18)8-19(5-4-10)14(20)12-6-9(16)7-17-13(12)15/h6-7,10-11H,2-5,8,16H2,1H3. The summed E-state index contributed by atoms with van der Waals surface area (Å²) in [5.41, 5.74) is 6.58. The van der Waals surface area contributed by atoms with Gasteiger partial charge >= 0.3 is 0 Å². The summed E-state index contributed by atoms with van der Waals surface area (Å²) in [6.45, 7) is 1.53. The zero-order valence-electron chi connectivity index (χ0n) is 11.6. The Morgan fingerprint density at radius 3 is 2.95 bits per heavy atom. The normalized spacial score (nSPS) is 26.6. The maximum Gasteiger partial charge on any atom is 0.257 e. The Morgan fingerprint density at radius 2 is 2.15 bits per heavy atom. The summed E-state index contributed by atoms with van der Waals surface area (Å²) >= 11 is 6.03. The van der Waals surface area contributed by atoms with E-state index in [0.29, 0.717) is 23.3 Å². The third-order valence-corrected chi connectivity index (χ3v) is 4.83. The van der Waals surface area contributed by atoms with Crippen LogP contribution in [0.3, 0.4) is 0 Å². The van der Waals surface area contributed by atoms with Crippen molar-refractivity contribution < 1.29 is 4.79 Å². The minimum atomic E-state index is -0.0595. The van der Waals surface area contributed by atoms with E-state index in [0.717, 1.165) is 25.9 Å². The summed E-state index contributed by atoms with van der Waals surface area (Å²) in [5.74, 6) is -0.0595. The highest BCUT2D eigenvalue weighted by molar-refractivity contribution is 6.32. The van der Waals surface area contributed by atoms with Crippen molar-refractivity contribution in [3.8, 4) is 0 Å². The van der Waals surface area contributed by atoms with Gasteiger partial charge in [-0.05, 0) is 32.4 Å². The van der Waals surface area contributed by atoms with Crippen molar-refractivity contribution in [2.45, 2.75) is 31.3 Å². The number of likely N-dealkylation sites (tertiary alicyclic amines) is 1. The second-order valence-corrected chi connectivity index (χ2v) is 6.06. The van der Waals surface area contributed by atoms with E-state index in [2.05, 4.69) is 16.9 Å². The molecule has 3 heterocycles. The number of amides is 1. The largest absolute Gasteiger partial charge is 0.397 e. The molecule has 2 unspecified atom stereocenters. The van der Waals surface area contributed by atoms with Gasteiger partial charge in [-0.2, -0.15) is 0 Å². The Bertz CT molecular complexity index is 536. The minimum absolute atomic E-state index is 0.0595. The number of aromatic nitrogens is 1. The number of hydrogen-bond donors (Lipinski definition) is 1. The summed E-state index contributed by atoms with van der Waals surface area (Å²) in [6.07, 6.45) is 4.89. The number of pyridine rings is 1. The van der Waals surface area contributed by atoms with Crippen LogP contribution in [-0.2, 0) is 0 Å². The number of anilines is 1. The van der Waals surface area contributed by atoms with Gasteiger partial charge in [0.1, 0.15) is 5.15 Å². The van der Waals surface area contributed by atoms with Gasteiger partial charge in [-0.15, -0.1) is 0 Å². The van der Waals surface area contributed by atoms with E-state index >= 15 is 0 Å². The Balaban J connectivity index is 1.82. The highest BCUT2D eigenvalue weighted by atomic mass is 35.5. The van der Waals surface area contributed by atoms with E-state index in [9.17, 15) is 4.79 Å². The van der Waals surface area contributed by atoms with Gasteiger partial charge < -0.3 is 10.6 Å². The number of rotatable bonds is 1. The summed E-state index contributed by atoms with van der Waals surface area (Å²) < 4.78 is 0. The third kappa shape index (κ3) is 2.36. The molecular weight excluding hydrogens is 276 g/mol. The maximum absolute atomic E-state index is 12.6. The molecule has 2 aliphatic heterocycles. The smallest absolute Gasteiger partial charge is 0.257 e. The molecule has 0 radical (unpaired) electrons. The number of hydrogen-bond acceptors (Lipinski definition) is 4. The van der Waals surface area contributed by atoms with Crippen LogP contribution in [0.15, 0.2) is 12.3 Å². The first kappa shape index (κ1) is 13.6. The lowest BCUT2D eigenvalue weighted by atomic mass is 10.1. The van der Waals surface area contributed by atoms with Gasteiger partial charge in [-0.3, -0.25) is 9.69 Å². The van der Waals surface area contributed by atoms with Crippen molar-refractivity contribution >= 4 is 23.2 Å². The van der Waals surface area contributed by atoms with Crippen molar-refractivity contribution in [1.29, 1.82) is 0 Å². The highest BCUT2D eigenvalue weighted by Gasteiger charge is 2.36. The van der Waals surface area contributed by atoms with Crippen LogP contribution in [-0.4, -0.2) is 52.9 Å². The monoisotopic (exact) mass is 294 g/mol. The first-order valence-corrected chi connectivity index (χ1v) is 7.36. The zero-order valence-corrected chi connectivity index (χ0v) is 12.3. The molecule has 6 heteroatoms. The first-order valence-electron chi connectivity index (χ1n) is 6.98. The van der Waals surface area contributed by atoms with Gasteiger partial charge in [0, 0.05) is 25.2 Å². The van der Waals surface area contributed by atoms with E-state index in [1.54, 1.807) is 6.07 Å². The second kappa shape index (κ2) is 5.22. The van der Waals surface area contributed by atoms with Crippen molar-refractivity contribution in [2.24, 2.45) is 0 Å². The fourth-order valence-corrected chi connectivity index (χ4v) is 3.46. The van der Waals surface area contributed by atoms with Crippen molar-refractivity contribution in [3.63, 3.8) is 0 Å². The lowest BCUT2D eigenvalue weighted by Crippen LogP contribution is -2.39. The summed E-state index contributed by atoms with van der Waals surface area (Å²) in [5, 5.41) is 0.229. The minimum Gasteiger partial charge on any atom is -0.397 e. The number of likely N-dealkylation sites (N-methyl/N-ethyl adjacent to an activating group) is 1. The summed E-state index contributed by atoms with van der Waals surface area (Å²) in [7, 11) is 2.16. The molecule has 1 aromatic rings. The quantitative estimate of drug-likeness (QED) is 0.800. The average Bonchev–Trinajstić information content (AvgIpc) is 2.65. The van der Waals surface area contributed by atoms with Crippen molar-refractivity contribution in [1.82, 2.24) is 14.8 Å². The van der Waals surface area contributed by atoms with Crippen LogP contribution in [0.5, 0.6) is 0 Å². The topological polar surface area (TPSA) is 62.5 Å². The number of carbonyl (C=O) groups is 1. The molecule has 2 N–H and O–H groups in total. The molecule has 5 nitrogen and oxygen atoms in total. The molecule has 0 aromatic carbocycles. The molecule has 2 saturated heterocycles. The number of fused-ring (bicyclic) bond motifs is 2. The fourth-order valence-electron chi connectivity index (χ4n) is 3.28. The van der Waals surface area contributed by atoms with Crippen LogP contribution in [0, 0.1) is 0 Å². The molecule has 0 saturated carbocycles. The Morgan fingerprint density at radius 1 is 1.40 bits per heavy atom. The van der Waals surface area contributed by atoms with Gasteiger partial charge in [0.2, 0.25) is 0 Å². The zero-order chi connectivity index (χ0) is 14.3. The first-order chi connectivity index (χ1) is 9.56. The average molecular weight is 295 g/mol. The lowest BCUT2D eigenvalue weighted by Gasteiger charge is -2.26. The van der Waals surface area contributed by atoms with Gasteiger partial charge in [0.15, 0.2) is 0 Å². The molecule has 2 aliphatic rings. The number of nitrogens with two attached hydrogens (primary N) is 1. The number of halogens is 1. The van der Waals surface area contributed by atoms with Gasteiger partial charge in [0.05, 0.1) is 17.4 Å². The van der Waals surface area contributed by atoms with Crippen LogP contribution < -0.4 is 5.73 Å². The molecule has 1 amide bonds. The molecule has 0 aliphatic carbocycles. The highest BCUT2D eigenvalue weighted by Crippen LogP contribution is 2.29. The Labute approximate surface area is 123 Å². The second-order valence-electron chi connectivity index (χ2n) is 5.70. The molecule has 1 aromatic heterocycles. The molecular formula is C14H19ClN4O. The number of nitrogen functional groups attached to an aromatic ring is 1. The van der Waals surface area contributed by atoms with Gasteiger partial charge in [0.25, 0.3) is 5.91 Å². The molecule has 2 bridgehead atoms. The molecule has 2 atom stereocenters. The summed E-state index contributed by atoms with van der Waals surface area (Å²) in [6, 6.07) is 2.68. The van der Waals surface area contributed by atoms with Crippen LogP contribution in [0.25, 0.3) is 0 Å². The predicted octanol–water partition coefficient (Wildman–Crippen LogP) is 1.63. The predicted molar refractivity (Wildman–Crippen MR) is 78.8 cm³/mol. The van der Waals surface area contributed by atoms with E-state index in [-0.39, 0.29) is 11.1 Å². The SMILES string of the molecule is CN1C2CCC1CN(C(=O)c1cc(N)cnc1Cl)CC2. The summed E-state index contributed by atoms with van der Waals surface area (Å²) in [4.78, 5) is 20.9. The van der Waals surface area contributed by atoms with E-state index in [1.807, 2.05) is 4.90 Å². The van der Waals surface area contributed by atoms with Gasteiger partial charge in [-0.1, -0.05) is 11.6 Å². The number of nitrogens with zero attached hydrogens (tertiary/aromatic N) is 3. The van der Waals surface area contributed by atoms with Gasteiger partial charge in [-0.25, -0.2) is 4.98 Å². The van der Waals surface area contributed by atoms with E-state index < -0.39 is 0 Å². The van der Waals surface area contributed by atoms with Crippen LogP contribution >= 0.6 is 11.6 Å². The van der Waals surface area contributed by atoms with Crippen LogP contribution in [0.1, 0.15) is 29.6 Å².